The van der Waals surface area contributed by atoms with E-state index in [1.807, 2.05) is 12.1 Å². The third-order valence-corrected chi connectivity index (χ3v) is 3.24. The number of hydrogen-bond donors (Lipinski definition) is 1. The van der Waals surface area contributed by atoms with Crippen molar-refractivity contribution in [1.82, 2.24) is 5.32 Å². The number of methoxy groups -OCH3 is 1. The van der Waals surface area contributed by atoms with Gasteiger partial charge in [-0.3, -0.25) is 4.79 Å². The van der Waals surface area contributed by atoms with Gasteiger partial charge in [-0.2, -0.15) is 0 Å². The molecular formula is C14H19NO3. The fourth-order valence-corrected chi connectivity index (χ4v) is 2.12. The molecule has 0 atom stereocenters. The molecule has 1 heterocycles. The van der Waals surface area contributed by atoms with Crippen molar-refractivity contribution in [3.63, 3.8) is 0 Å². The Morgan fingerprint density at radius 3 is 2.83 bits per heavy atom. The SMILES string of the molecule is COc1ccccc1C(=O)NCC1CCOCC1. The molecule has 0 spiro atoms. The van der Waals surface area contributed by atoms with Crippen LogP contribution >= 0.6 is 0 Å². The molecule has 98 valence electrons. The number of rotatable bonds is 4. The highest BCUT2D eigenvalue weighted by Gasteiger charge is 2.16. The van der Waals surface area contributed by atoms with E-state index in [9.17, 15) is 4.79 Å². The van der Waals surface area contributed by atoms with Crippen LogP contribution in [-0.4, -0.2) is 32.8 Å². The Bertz CT molecular complexity index is 400. The Balaban J connectivity index is 1.90. The number of benzene rings is 1. The predicted octanol–water partition coefficient (Wildman–Crippen LogP) is 1.85. The Kier molecular flexibility index (Phi) is 4.59. The molecule has 1 fully saturated rings. The van der Waals surface area contributed by atoms with Crippen LogP contribution in [0.2, 0.25) is 0 Å². The lowest BCUT2D eigenvalue weighted by Crippen LogP contribution is -2.32. The maximum absolute atomic E-state index is 12.0. The van der Waals surface area contributed by atoms with E-state index >= 15 is 0 Å². The van der Waals surface area contributed by atoms with E-state index in [0.29, 0.717) is 23.8 Å². The highest BCUT2D eigenvalue weighted by Crippen LogP contribution is 2.18. The molecule has 0 bridgehead atoms. The van der Waals surface area contributed by atoms with Crippen LogP contribution in [0, 0.1) is 5.92 Å². The number of hydrogen-bond acceptors (Lipinski definition) is 3. The molecule has 0 unspecified atom stereocenters. The predicted molar refractivity (Wildman–Crippen MR) is 68.9 cm³/mol. The number of nitrogens with one attached hydrogen (secondary N) is 1. The molecule has 1 aliphatic rings. The molecular weight excluding hydrogens is 230 g/mol. The first-order valence-electron chi connectivity index (χ1n) is 6.30. The van der Waals surface area contributed by atoms with Crippen molar-refractivity contribution in [1.29, 1.82) is 0 Å². The number of carbonyl (C=O) groups is 1. The summed E-state index contributed by atoms with van der Waals surface area (Å²) in [7, 11) is 1.57. The summed E-state index contributed by atoms with van der Waals surface area (Å²) in [5.41, 5.74) is 0.590. The first kappa shape index (κ1) is 12.9. The largest absolute Gasteiger partial charge is 0.496 e. The van der Waals surface area contributed by atoms with E-state index in [1.165, 1.54) is 0 Å². The minimum atomic E-state index is -0.0704. The van der Waals surface area contributed by atoms with Crippen molar-refractivity contribution in [2.45, 2.75) is 12.8 Å². The van der Waals surface area contributed by atoms with Crippen molar-refractivity contribution >= 4 is 5.91 Å². The zero-order valence-electron chi connectivity index (χ0n) is 10.6. The van der Waals surface area contributed by atoms with E-state index in [4.69, 9.17) is 9.47 Å². The van der Waals surface area contributed by atoms with Crippen LogP contribution in [0.25, 0.3) is 0 Å². The van der Waals surface area contributed by atoms with Gasteiger partial charge in [-0.05, 0) is 30.9 Å². The van der Waals surface area contributed by atoms with Crippen LogP contribution in [0.5, 0.6) is 5.75 Å². The summed E-state index contributed by atoms with van der Waals surface area (Å²) >= 11 is 0. The standard InChI is InChI=1S/C14H19NO3/c1-17-13-5-3-2-4-12(13)14(16)15-10-11-6-8-18-9-7-11/h2-5,11H,6-10H2,1H3,(H,15,16). The average Bonchev–Trinajstić information content (AvgIpc) is 2.45. The first-order valence-corrected chi connectivity index (χ1v) is 6.30. The molecule has 1 aliphatic heterocycles. The molecule has 0 saturated carbocycles. The summed E-state index contributed by atoms with van der Waals surface area (Å²) in [5, 5.41) is 2.97. The third-order valence-electron chi connectivity index (χ3n) is 3.24. The summed E-state index contributed by atoms with van der Waals surface area (Å²) in [4.78, 5) is 12.0. The maximum atomic E-state index is 12.0. The number of para-hydroxylation sites is 1. The molecule has 2 rings (SSSR count). The van der Waals surface area contributed by atoms with Gasteiger partial charge < -0.3 is 14.8 Å². The van der Waals surface area contributed by atoms with E-state index in [0.717, 1.165) is 26.1 Å². The average molecular weight is 249 g/mol. The monoisotopic (exact) mass is 249 g/mol. The Morgan fingerprint density at radius 2 is 2.11 bits per heavy atom. The van der Waals surface area contributed by atoms with Crippen molar-refractivity contribution in [2.75, 3.05) is 26.9 Å². The second-order valence-corrected chi connectivity index (χ2v) is 4.47. The lowest BCUT2D eigenvalue weighted by Gasteiger charge is -2.22. The summed E-state index contributed by atoms with van der Waals surface area (Å²) < 4.78 is 10.5. The lowest BCUT2D eigenvalue weighted by molar-refractivity contribution is 0.0642. The molecule has 1 aromatic rings. The van der Waals surface area contributed by atoms with E-state index in [1.54, 1.807) is 19.2 Å². The molecule has 4 nitrogen and oxygen atoms in total. The number of carbonyl (C=O) groups excluding carboxylic acids is 1. The zero-order valence-corrected chi connectivity index (χ0v) is 10.6. The lowest BCUT2D eigenvalue weighted by atomic mass is 10.0. The highest BCUT2D eigenvalue weighted by atomic mass is 16.5. The minimum absolute atomic E-state index is 0.0704. The molecule has 0 radical (unpaired) electrons. The fraction of sp³-hybridized carbons (Fsp3) is 0.500. The second kappa shape index (κ2) is 6.40. The highest BCUT2D eigenvalue weighted by molar-refractivity contribution is 5.96. The van der Waals surface area contributed by atoms with Crippen molar-refractivity contribution in [2.24, 2.45) is 5.92 Å². The van der Waals surface area contributed by atoms with Crippen molar-refractivity contribution in [3.05, 3.63) is 29.8 Å². The quantitative estimate of drug-likeness (QED) is 0.886. The van der Waals surface area contributed by atoms with E-state index < -0.39 is 0 Å². The molecule has 1 aromatic carbocycles. The molecule has 0 aromatic heterocycles. The molecule has 1 saturated heterocycles. The Hall–Kier alpha value is -1.55. The zero-order chi connectivity index (χ0) is 12.8. The van der Waals surface area contributed by atoms with Crippen molar-refractivity contribution < 1.29 is 14.3 Å². The summed E-state index contributed by atoms with van der Waals surface area (Å²) in [6, 6.07) is 7.27. The van der Waals surface area contributed by atoms with Crippen LogP contribution in [0.15, 0.2) is 24.3 Å². The Labute approximate surface area is 107 Å². The van der Waals surface area contributed by atoms with Crippen LogP contribution in [0.4, 0.5) is 0 Å². The summed E-state index contributed by atoms with van der Waals surface area (Å²) in [5.74, 6) is 1.07. The Morgan fingerprint density at radius 1 is 1.39 bits per heavy atom. The van der Waals surface area contributed by atoms with Crippen LogP contribution in [0.1, 0.15) is 23.2 Å². The van der Waals surface area contributed by atoms with Gasteiger partial charge in [0.1, 0.15) is 5.75 Å². The molecule has 18 heavy (non-hydrogen) atoms. The fourth-order valence-electron chi connectivity index (χ4n) is 2.12. The summed E-state index contributed by atoms with van der Waals surface area (Å²) in [6.45, 7) is 2.31. The molecule has 1 N–H and O–H groups in total. The van der Waals surface area contributed by atoms with Gasteiger partial charge in [-0.25, -0.2) is 0 Å². The van der Waals surface area contributed by atoms with Crippen LogP contribution in [-0.2, 0) is 4.74 Å². The van der Waals surface area contributed by atoms with Gasteiger partial charge in [0.2, 0.25) is 0 Å². The topological polar surface area (TPSA) is 47.6 Å². The van der Waals surface area contributed by atoms with E-state index in [-0.39, 0.29) is 5.91 Å². The third kappa shape index (κ3) is 3.23. The molecule has 0 aliphatic carbocycles. The number of ether oxygens (including phenoxy) is 2. The number of amides is 1. The smallest absolute Gasteiger partial charge is 0.255 e. The van der Waals surface area contributed by atoms with Gasteiger partial charge in [-0.15, -0.1) is 0 Å². The van der Waals surface area contributed by atoms with Gasteiger partial charge in [-0.1, -0.05) is 12.1 Å². The molecule has 4 heteroatoms. The maximum Gasteiger partial charge on any atom is 0.255 e. The molecule has 1 amide bonds. The summed E-state index contributed by atoms with van der Waals surface area (Å²) in [6.07, 6.45) is 2.04. The van der Waals surface area contributed by atoms with Gasteiger partial charge in [0.15, 0.2) is 0 Å². The van der Waals surface area contributed by atoms with Crippen LogP contribution < -0.4 is 10.1 Å². The normalized spacial score (nSPS) is 16.3. The van der Waals surface area contributed by atoms with Gasteiger partial charge in [0.25, 0.3) is 5.91 Å². The minimum Gasteiger partial charge on any atom is -0.496 e. The van der Waals surface area contributed by atoms with Crippen LogP contribution in [0.3, 0.4) is 0 Å². The van der Waals surface area contributed by atoms with E-state index in [2.05, 4.69) is 5.32 Å². The first-order chi connectivity index (χ1) is 8.81. The van der Waals surface area contributed by atoms with Gasteiger partial charge in [0, 0.05) is 19.8 Å². The van der Waals surface area contributed by atoms with Gasteiger partial charge in [0.05, 0.1) is 12.7 Å². The second-order valence-electron chi connectivity index (χ2n) is 4.47. The van der Waals surface area contributed by atoms with Crippen molar-refractivity contribution in [3.8, 4) is 5.75 Å². The van der Waals surface area contributed by atoms with Gasteiger partial charge >= 0.3 is 0 Å².